The Morgan fingerprint density at radius 3 is 2.40 bits per heavy atom. The van der Waals surface area contributed by atoms with Crippen LogP contribution >= 0.6 is 0 Å². The molecule has 2 aromatic carbocycles. The number of Topliss-reactive ketones (excluding diaryl/α,β-unsaturated/α-hetero) is 2. The zero-order chi connectivity index (χ0) is 17.6. The van der Waals surface area contributed by atoms with E-state index in [2.05, 4.69) is 0 Å². The van der Waals surface area contributed by atoms with Gasteiger partial charge in [0, 0.05) is 17.0 Å². The maximum Gasteiger partial charge on any atom is 0.312 e. The molecule has 5 nitrogen and oxygen atoms in total. The Bertz CT molecular complexity index is 954. The van der Waals surface area contributed by atoms with Crippen LogP contribution in [-0.2, 0) is 9.53 Å². The number of carbonyl (C=O) groups is 3. The molecule has 1 heterocycles. The first-order valence-electron chi connectivity index (χ1n) is 7.87. The molecule has 2 aromatic rings. The van der Waals surface area contributed by atoms with Gasteiger partial charge in [0.25, 0.3) is 0 Å². The summed E-state index contributed by atoms with van der Waals surface area (Å²) in [6.45, 7) is 0. The van der Waals surface area contributed by atoms with E-state index in [0.29, 0.717) is 11.3 Å². The summed E-state index contributed by atoms with van der Waals surface area (Å²) in [5.41, 5.74) is 1.60. The minimum Gasteiger partial charge on any atom is -0.497 e. The Balaban J connectivity index is 1.90. The molecule has 0 saturated carbocycles. The monoisotopic (exact) mass is 334 g/mol. The Hall–Kier alpha value is -3.21. The summed E-state index contributed by atoms with van der Waals surface area (Å²) in [6.07, 6.45) is 0.00713. The fourth-order valence-corrected chi connectivity index (χ4v) is 3.36. The van der Waals surface area contributed by atoms with Crippen molar-refractivity contribution in [3.8, 4) is 5.75 Å². The standard InChI is InChI=1S/C20H14O5/c1-24-12-6-4-5-11(9-12)15-10-16(21)25-20-17(15)18(22)13-7-2-3-8-14(13)19(20)23/h2-9,15H,10H2,1H3/t15-/m1/s1. The lowest BCUT2D eigenvalue weighted by atomic mass is 9.77. The molecule has 124 valence electrons. The number of ether oxygens (including phenoxy) is 2. The van der Waals surface area contributed by atoms with Crippen molar-refractivity contribution in [2.45, 2.75) is 12.3 Å². The number of benzene rings is 2. The van der Waals surface area contributed by atoms with E-state index in [1.807, 2.05) is 6.07 Å². The summed E-state index contributed by atoms with van der Waals surface area (Å²) in [7, 11) is 1.55. The van der Waals surface area contributed by atoms with Gasteiger partial charge < -0.3 is 9.47 Å². The molecule has 1 atom stereocenters. The highest BCUT2D eigenvalue weighted by atomic mass is 16.5. The van der Waals surface area contributed by atoms with Crippen molar-refractivity contribution in [2.75, 3.05) is 7.11 Å². The second kappa shape index (κ2) is 5.70. The molecular formula is C20H14O5. The predicted octanol–water partition coefficient (Wildman–Crippen LogP) is 3.06. The van der Waals surface area contributed by atoms with Crippen molar-refractivity contribution < 1.29 is 23.9 Å². The van der Waals surface area contributed by atoms with Gasteiger partial charge in [-0.15, -0.1) is 0 Å². The minimum absolute atomic E-state index is 0.00713. The van der Waals surface area contributed by atoms with Crippen molar-refractivity contribution in [1.29, 1.82) is 0 Å². The molecule has 4 rings (SSSR count). The molecule has 0 aromatic heterocycles. The second-order valence-electron chi connectivity index (χ2n) is 5.95. The molecule has 5 heteroatoms. The van der Waals surface area contributed by atoms with Crippen LogP contribution in [0.1, 0.15) is 38.6 Å². The van der Waals surface area contributed by atoms with Gasteiger partial charge in [-0.1, -0.05) is 36.4 Å². The Morgan fingerprint density at radius 2 is 1.68 bits per heavy atom. The first kappa shape index (κ1) is 15.3. The van der Waals surface area contributed by atoms with E-state index in [1.165, 1.54) is 0 Å². The lowest BCUT2D eigenvalue weighted by Crippen LogP contribution is -2.32. The molecule has 0 amide bonds. The summed E-state index contributed by atoms with van der Waals surface area (Å²) in [6, 6.07) is 13.7. The number of carbonyl (C=O) groups excluding carboxylic acids is 3. The van der Waals surface area contributed by atoms with E-state index < -0.39 is 17.7 Å². The third-order valence-corrected chi connectivity index (χ3v) is 4.54. The van der Waals surface area contributed by atoms with Crippen molar-refractivity contribution in [2.24, 2.45) is 0 Å². The number of esters is 1. The molecular weight excluding hydrogens is 320 g/mol. The number of ketones is 2. The van der Waals surface area contributed by atoms with E-state index in [-0.39, 0.29) is 29.1 Å². The third kappa shape index (κ3) is 2.36. The number of rotatable bonds is 2. The van der Waals surface area contributed by atoms with Crippen molar-refractivity contribution in [3.63, 3.8) is 0 Å². The van der Waals surface area contributed by atoms with Crippen LogP contribution in [0.15, 0.2) is 59.9 Å². The fraction of sp³-hybridized carbons (Fsp3) is 0.150. The Kier molecular flexibility index (Phi) is 3.50. The molecule has 0 saturated heterocycles. The average Bonchev–Trinajstić information content (AvgIpc) is 2.65. The van der Waals surface area contributed by atoms with Crippen LogP contribution in [0.3, 0.4) is 0 Å². The van der Waals surface area contributed by atoms with E-state index in [9.17, 15) is 14.4 Å². The topological polar surface area (TPSA) is 69.7 Å². The SMILES string of the molecule is COc1cccc([C@H]2CC(=O)OC3=C2C(=O)c2ccccc2C3=O)c1. The summed E-state index contributed by atoms with van der Waals surface area (Å²) in [5.74, 6) is -1.28. The summed E-state index contributed by atoms with van der Waals surface area (Å²) in [4.78, 5) is 37.8. The fourth-order valence-electron chi connectivity index (χ4n) is 3.36. The van der Waals surface area contributed by atoms with Crippen LogP contribution in [0, 0.1) is 0 Å². The highest BCUT2D eigenvalue weighted by molar-refractivity contribution is 6.27. The van der Waals surface area contributed by atoms with Gasteiger partial charge >= 0.3 is 5.97 Å². The van der Waals surface area contributed by atoms with Gasteiger partial charge in [-0.05, 0) is 17.7 Å². The predicted molar refractivity (Wildman–Crippen MR) is 88.6 cm³/mol. The minimum atomic E-state index is -0.531. The van der Waals surface area contributed by atoms with Crippen LogP contribution < -0.4 is 4.74 Å². The van der Waals surface area contributed by atoms with E-state index in [4.69, 9.17) is 9.47 Å². The van der Waals surface area contributed by atoms with E-state index >= 15 is 0 Å². The lowest BCUT2D eigenvalue weighted by molar-refractivity contribution is -0.140. The molecule has 0 N–H and O–H groups in total. The molecule has 25 heavy (non-hydrogen) atoms. The average molecular weight is 334 g/mol. The quantitative estimate of drug-likeness (QED) is 0.790. The molecule has 2 aliphatic rings. The largest absolute Gasteiger partial charge is 0.497 e. The molecule has 1 aliphatic heterocycles. The number of fused-ring (bicyclic) bond motifs is 1. The van der Waals surface area contributed by atoms with Crippen molar-refractivity contribution in [1.82, 2.24) is 0 Å². The maximum absolute atomic E-state index is 13.0. The van der Waals surface area contributed by atoms with Crippen LogP contribution in [0.4, 0.5) is 0 Å². The smallest absolute Gasteiger partial charge is 0.312 e. The number of hydrogen-bond donors (Lipinski definition) is 0. The Labute approximate surface area is 143 Å². The van der Waals surface area contributed by atoms with Gasteiger partial charge in [0.05, 0.1) is 19.1 Å². The number of allylic oxidation sites excluding steroid dienone is 2. The highest BCUT2D eigenvalue weighted by Gasteiger charge is 2.42. The summed E-state index contributed by atoms with van der Waals surface area (Å²) >= 11 is 0. The first-order valence-corrected chi connectivity index (χ1v) is 7.87. The zero-order valence-electron chi connectivity index (χ0n) is 13.4. The van der Waals surface area contributed by atoms with Crippen molar-refractivity contribution >= 4 is 17.5 Å². The zero-order valence-corrected chi connectivity index (χ0v) is 13.4. The van der Waals surface area contributed by atoms with Gasteiger partial charge in [-0.3, -0.25) is 14.4 Å². The molecule has 0 spiro atoms. The molecule has 0 bridgehead atoms. The molecule has 1 aliphatic carbocycles. The van der Waals surface area contributed by atoms with Gasteiger partial charge in [-0.25, -0.2) is 0 Å². The number of methoxy groups -OCH3 is 1. The van der Waals surface area contributed by atoms with Crippen LogP contribution in [0.25, 0.3) is 0 Å². The first-order chi connectivity index (χ1) is 12.1. The normalized spacial score (nSPS) is 19.2. The van der Waals surface area contributed by atoms with Crippen LogP contribution in [0.2, 0.25) is 0 Å². The summed E-state index contributed by atoms with van der Waals surface area (Å²) < 4.78 is 10.4. The number of hydrogen-bond acceptors (Lipinski definition) is 5. The van der Waals surface area contributed by atoms with Crippen molar-refractivity contribution in [3.05, 3.63) is 76.6 Å². The van der Waals surface area contributed by atoms with Crippen LogP contribution in [-0.4, -0.2) is 24.6 Å². The lowest BCUT2D eigenvalue weighted by Gasteiger charge is -2.30. The molecule has 0 fully saturated rings. The van der Waals surface area contributed by atoms with Gasteiger partial charge in [0.15, 0.2) is 11.5 Å². The van der Waals surface area contributed by atoms with E-state index in [0.717, 1.165) is 5.56 Å². The molecule has 0 radical (unpaired) electrons. The van der Waals surface area contributed by atoms with E-state index in [1.54, 1.807) is 49.6 Å². The summed E-state index contributed by atoms with van der Waals surface area (Å²) in [5, 5.41) is 0. The van der Waals surface area contributed by atoms with Gasteiger partial charge in [-0.2, -0.15) is 0 Å². The molecule has 0 unspecified atom stereocenters. The van der Waals surface area contributed by atoms with Crippen LogP contribution in [0.5, 0.6) is 5.75 Å². The second-order valence-corrected chi connectivity index (χ2v) is 5.95. The van der Waals surface area contributed by atoms with Gasteiger partial charge in [0.1, 0.15) is 5.75 Å². The van der Waals surface area contributed by atoms with Gasteiger partial charge in [0.2, 0.25) is 5.78 Å². The Morgan fingerprint density at radius 1 is 0.960 bits per heavy atom. The maximum atomic E-state index is 13.0. The third-order valence-electron chi connectivity index (χ3n) is 4.54. The highest BCUT2D eigenvalue weighted by Crippen LogP contribution is 2.41.